The zero-order valence-electron chi connectivity index (χ0n) is 20.3. The monoisotopic (exact) mass is 460 g/mol. The molecule has 7 heteroatoms. The summed E-state index contributed by atoms with van der Waals surface area (Å²) in [7, 11) is 0. The van der Waals surface area contributed by atoms with Crippen LogP contribution in [0.1, 0.15) is 73.1 Å². The molecule has 1 saturated heterocycles. The van der Waals surface area contributed by atoms with Crippen LogP contribution in [0.3, 0.4) is 0 Å². The van der Waals surface area contributed by atoms with Crippen LogP contribution in [0.15, 0.2) is 11.6 Å². The molecule has 0 amide bonds. The quantitative estimate of drug-likeness (QED) is 0.646. The van der Waals surface area contributed by atoms with Crippen LogP contribution in [-0.4, -0.2) is 52.8 Å². The number of aliphatic hydroxyl groups excluding tert-OH is 1. The topological polar surface area (TPSA) is 99.1 Å². The number of allylic oxidation sites excluding steroid dienone is 1. The highest BCUT2D eigenvalue weighted by Crippen LogP contribution is 2.70. The fraction of sp³-hybridized carbons (Fsp3) is 0.808. The number of fused-ring (bicyclic) bond motifs is 7. The average Bonchev–Trinajstić information content (AvgIpc) is 3.12. The number of aliphatic hydroxyl groups is 1. The second kappa shape index (κ2) is 7.22. The van der Waals surface area contributed by atoms with Gasteiger partial charge in [-0.1, -0.05) is 19.4 Å². The number of ketones is 2. The van der Waals surface area contributed by atoms with E-state index in [0.717, 1.165) is 19.3 Å². The summed E-state index contributed by atoms with van der Waals surface area (Å²) in [5, 5.41) is 11.6. The van der Waals surface area contributed by atoms with Crippen molar-refractivity contribution in [2.45, 2.75) is 96.7 Å². The standard InChI is InChI=1S/C26H36O7/c1-14(27)31-13-20(30)26-21(32-23(2,3)33-26)11-18-17-7-6-15-10-16(28)8-9-24(15,4)22(17)19(29)12-25(18,26)5/h10,17-19,21-22,29H,6-9,11-13H2,1-5H3/t17-,18-,19-,21?,22+,24-,25-,26+/m0/s1. The first kappa shape index (κ1) is 23.2. The Morgan fingerprint density at radius 2 is 1.94 bits per heavy atom. The zero-order chi connectivity index (χ0) is 24.0. The first-order valence-corrected chi connectivity index (χ1v) is 12.3. The Kier molecular flexibility index (Phi) is 5.07. The third kappa shape index (κ3) is 3.08. The van der Waals surface area contributed by atoms with E-state index >= 15 is 0 Å². The SMILES string of the molecule is CC(=O)OCC(=O)[C@@]12OC(C)(C)OC1C[C@H]1[C@@H]3CCC4=CC(=O)CC[C@]4(C)[C@H]3[C@@H](O)C[C@@]12C. The molecule has 4 fully saturated rings. The highest BCUT2D eigenvalue weighted by atomic mass is 16.8. The molecule has 1 aliphatic heterocycles. The number of ether oxygens (including phenoxy) is 3. The maximum atomic E-state index is 13.7. The van der Waals surface area contributed by atoms with Crippen LogP contribution in [-0.2, 0) is 28.6 Å². The molecular formula is C26H36O7. The Hall–Kier alpha value is -1.57. The number of hydrogen-bond acceptors (Lipinski definition) is 7. The number of carbonyl (C=O) groups is 3. The fourth-order valence-corrected chi connectivity index (χ4v) is 8.56. The van der Waals surface area contributed by atoms with Gasteiger partial charge in [0.15, 0.2) is 23.8 Å². The number of carbonyl (C=O) groups excluding carboxylic acids is 3. The van der Waals surface area contributed by atoms with Crippen molar-refractivity contribution < 1.29 is 33.7 Å². The zero-order valence-corrected chi connectivity index (χ0v) is 20.3. The van der Waals surface area contributed by atoms with Crippen LogP contribution in [0.5, 0.6) is 0 Å². The molecule has 0 aromatic carbocycles. The van der Waals surface area contributed by atoms with Crippen molar-refractivity contribution in [3.63, 3.8) is 0 Å². The average molecular weight is 461 g/mol. The van der Waals surface area contributed by atoms with Gasteiger partial charge in [0.2, 0.25) is 5.78 Å². The van der Waals surface area contributed by atoms with Gasteiger partial charge in [0, 0.05) is 18.8 Å². The third-order valence-electron chi connectivity index (χ3n) is 9.71. The minimum atomic E-state index is -1.26. The van der Waals surface area contributed by atoms with Crippen LogP contribution in [0, 0.1) is 28.6 Å². The molecule has 0 aromatic rings. The minimum Gasteiger partial charge on any atom is -0.458 e. The lowest BCUT2D eigenvalue weighted by Gasteiger charge is -2.60. The van der Waals surface area contributed by atoms with E-state index in [0.29, 0.717) is 19.3 Å². The van der Waals surface area contributed by atoms with Crippen molar-refractivity contribution in [2.75, 3.05) is 6.61 Å². The van der Waals surface area contributed by atoms with Gasteiger partial charge in [0.05, 0.1) is 12.2 Å². The lowest BCUT2D eigenvalue weighted by molar-refractivity contribution is -0.227. The summed E-state index contributed by atoms with van der Waals surface area (Å²) < 4.78 is 17.9. The maximum absolute atomic E-state index is 13.7. The maximum Gasteiger partial charge on any atom is 0.303 e. The normalized spacial score (nSPS) is 47.6. The lowest BCUT2D eigenvalue weighted by atomic mass is 9.45. The minimum absolute atomic E-state index is 0.0381. The van der Waals surface area contributed by atoms with E-state index in [1.54, 1.807) is 0 Å². The van der Waals surface area contributed by atoms with Gasteiger partial charge < -0.3 is 19.3 Å². The van der Waals surface area contributed by atoms with E-state index < -0.39 is 35.0 Å². The Morgan fingerprint density at radius 1 is 1.21 bits per heavy atom. The van der Waals surface area contributed by atoms with E-state index in [1.165, 1.54) is 12.5 Å². The molecule has 8 atom stereocenters. The van der Waals surface area contributed by atoms with Gasteiger partial charge in [-0.25, -0.2) is 0 Å². The Bertz CT molecular complexity index is 937. The molecule has 0 aromatic heterocycles. The molecule has 0 bridgehead atoms. The molecule has 33 heavy (non-hydrogen) atoms. The van der Waals surface area contributed by atoms with Gasteiger partial charge in [0.25, 0.3) is 0 Å². The molecule has 0 radical (unpaired) electrons. The first-order chi connectivity index (χ1) is 15.3. The van der Waals surface area contributed by atoms with Gasteiger partial charge in [-0.3, -0.25) is 14.4 Å². The Labute approximate surface area is 195 Å². The molecular weight excluding hydrogens is 424 g/mol. The fourth-order valence-electron chi connectivity index (χ4n) is 8.56. The van der Waals surface area contributed by atoms with Crippen molar-refractivity contribution >= 4 is 17.5 Å². The van der Waals surface area contributed by atoms with Crippen LogP contribution >= 0.6 is 0 Å². The summed E-state index contributed by atoms with van der Waals surface area (Å²) in [6.07, 6.45) is 4.84. The highest BCUT2D eigenvalue weighted by molar-refractivity contribution is 5.93. The molecule has 5 aliphatic rings. The number of esters is 1. The summed E-state index contributed by atoms with van der Waals surface area (Å²) in [5.41, 5.74) is -0.936. The van der Waals surface area contributed by atoms with Crippen molar-refractivity contribution in [1.29, 1.82) is 0 Å². The number of Topliss-reactive ketones (excluding diaryl/α,β-unsaturated/α-hetero) is 1. The molecule has 1 unspecified atom stereocenters. The van der Waals surface area contributed by atoms with E-state index in [1.807, 2.05) is 19.9 Å². The summed E-state index contributed by atoms with van der Waals surface area (Å²) in [6, 6.07) is 0. The second-order valence-corrected chi connectivity index (χ2v) is 11.9. The third-order valence-corrected chi connectivity index (χ3v) is 9.71. The van der Waals surface area contributed by atoms with Gasteiger partial charge in [-0.2, -0.15) is 0 Å². The van der Waals surface area contributed by atoms with Crippen LogP contribution in [0.25, 0.3) is 0 Å². The van der Waals surface area contributed by atoms with Crippen molar-refractivity contribution in [1.82, 2.24) is 0 Å². The van der Waals surface area contributed by atoms with E-state index in [4.69, 9.17) is 14.2 Å². The molecule has 5 rings (SSSR count). The van der Waals surface area contributed by atoms with Crippen LogP contribution in [0.2, 0.25) is 0 Å². The molecule has 7 nitrogen and oxygen atoms in total. The molecule has 3 saturated carbocycles. The van der Waals surface area contributed by atoms with Crippen molar-refractivity contribution in [3.8, 4) is 0 Å². The van der Waals surface area contributed by atoms with Gasteiger partial charge >= 0.3 is 5.97 Å². The number of hydrogen-bond donors (Lipinski definition) is 1. The molecule has 0 spiro atoms. The molecule has 1 heterocycles. The number of rotatable bonds is 3. The van der Waals surface area contributed by atoms with Crippen LogP contribution in [0.4, 0.5) is 0 Å². The van der Waals surface area contributed by atoms with Crippen LogP contribution < -0.4 is 0 Å². The highest BCUT2D eigenvalue weighted by Gasteiger charge is 2.77. The van der Waals surface area contributed by atoms with Gasteiger partial charge in [-0.15, -0.1) is 0 Å². The Morgan fingerprint density at radius 3 is 2.64 bits per heavy atom. The van der Waals surface area contributed by atoms with E-state index in [9.17, 15) is 19.5 Å². The predicted molar refractivity (Wildman–Crippen MR) is 118 cm³/mol. The summed E-state index contributed by atoms with van der Waals surface area (Å²) >= 11 is 0. The van der Waals surface area contributed by atoms with Crippen molar-refractivity contribution in [3.05, 3.63) is 11.6 Å². The predicted octanol–water partition coefficient (Wildman–Crippen LogP) is 3.12. The van der Waals surface area contributed by atoms with Crippen molar-refractivity contribution in [2.24, 2.45) is 28.6 Å². The first-order valence-electron chi connectivity index (χ1n) is 12.3. The Balaban J connectivity index is 1.55. The van der Waals surface area contributed by atoms with E-state index in [2.05, 4.69) is 13.8 Å². The second-order valence-electron chi connectivity index (χ2n) is 11.9. The molecule has 4 aliphatic carbocycles. The van der Waals surface area contributed by atoms with E-state index in [-0.39, 0.29) is 41.3 Å². The summed E-state index contributed by atoms with van der Waals surface area (Å²) in [6.45, 7) is 8.82. The van der Waals surface area contributed by atoms with Gasteiger partial charge in [0.1, 0.15) is 0 Å². The molecule has 182 valence electrons. The molecule has 1 N–H and O–H groups in total. The largest absolute Gasteiger partial charge is 0.458 e. The summed E-state index contributed by atoms with van der Waals surface area (Å²) in [4.78, 5) is 37.3. The smallest absolute Gasteiger partial charge is 0.303 e. The van der Waals surface area contributed by atoms with Gasteiger partial charge in [-0.05, 0) is 75.2 Å². The summed E-state index contributed by atoms with van der Waals surface area (Å²) in [5.74, 6) is -1.18. The lowest BCUT2D eigenvalue weighted by Crippen LogP contribution is -2.64.